The third-order valence-electron chi connectivity index (χ3n) is 2.04. The summed E-state index contributed by atoms with van der Waals surface area (Å²) in [6, 6.07) is 0. The van der Waals surface area contributed by atoms with E-state index in [1.807, 2.05) is 19.3 Å². The van der Waals surface area contributed by atoms with Crippen molar-refractivity contribution in [3.63, 3.8) is 0 Å². The molecule has 0 saturated carbocycles. The van der Waals surface area contributed by atoms with Gasteiger partial charge < -0.3 is 5.32 Å². The monoisotopic (exact) mass is 183 g/mol. The van der Waals surface area contributed by atoms with E-state index < -0.39 is 0 Å². The van der Waals surface area contributed by atoms with E-state index in [1.165, 1.54) is 0 Å². The first-order valence-electron chi connectivity index (χ1n) is 4.75. The van der Waals surface area contributed by atoms with Crippen LogP contribution in [-0.2, 0) is 13.1 Å². The smallest absolute Gasteiger partial charge is 0.315 e. The van der Waals surface area contributed by atoms with Crippen molar-refractivity contribution in [2.24, 2.45) is 0 Å². The van der Waals surface area contributed by atoms with Crippen molar-refractivity contribution >= 4 is 0 Å². The highest BCUT2D eigenvalue weighted by atomic mass is 16.1. The number of nitrogens with one attached hydrogen (secondary N) is 1. The number of aryl methyl sites for hydroxylation is 1. The van der Waals surface area contributed by atoms with Gasteiger partial charge in [0.05, 0.1) is 0 Å². The van der Waals surface area contributed by atoms with E-state index in [1.54, 1.807) is 9.13 Å². The molecule has 13 heavy (non-hydrogen) atoms. The molecule has 0 aromatic carbocycles. The van der Waals surface area contributed by atoms with Gasteiger partial charge in [0.1, 0.15) is 0 Å². The van der Waals surface area contributed by atoms with E-state index in [2.05, 4.69) is 12.2 Å². The first kappa shape index (κ1) is 10.1. The Kier molecular flexibility index (Phi) is 3.76. The van der Waals surface area contributed by atoms with Gasteiger partial charge in [0.2, 0.25) is 0 Å². The van der Waals surface area contributed by atoms with Crippen LogP contribution < -0.4 is 11.0 Å². The minimum atomic E-state index is 0.0837. The molecule has 0 fully saturated rings. The van der Waals surface area contributed by atoms with Crippen LogP contribution in [0.2, 0.25) is 0 Å². The Balaban J connectivity index is 2.57. The van der Waals surface area contributed by atoms with Crippen LogP contribution >= 0.6 is 0 Å². The lowest BCUT2D eigenvalue weighted by Gasteiger charge is -2.01. The molecule has 1 rings (SSSR count). The second kappa shape index (κ2) is 4.87. The SMILES string of the molecule is CCNCCn1ccn(CC)c1=O. The summed E-state index contributed by atoms with van der Waals surface area (Å²) in [6.45, 7) is 7.32. The summed E-state index contributed by atoms with van der Waals surface area (Å²) in [5.41, 5.74) is 0.0837. The summed E-state index contributed by atoms with van der Waals surface area (Å²) in [5, 5.41) is 3.18. The van der Waals surface area contributed by atoms with Gasteiger partial charge in [0.15, 0.2) is 0 Å². The molecule has 0 bridgehead atoms. The third-order valence-corrected chi connectivity index (χ3v) is 2.04. The first-order chi connectivity index (χ1) is 6.29. The van der Waals surface area contributed by atoms with Crippen LogP contribution in [0.5, 0.6) is 0 Å². The Morgan fingerprint density at radius 3 is 2.54 bits per heavy atom. The highest BCUT2D eigenvalue weighted by Gasteiger charge is 1.99. The summed E-state index contributed by atoms with van der Waals surface area (Å²) in [4.78, 5) is 11.5. The lowest BCUT2D eigenvalue weighted by atomic mass is 10.6. The number of hydrogen-bond acceptors (Lipinski definition) is 2. The Hall–Kier alpha value is -1.03. The maximum atomic E-state index is 11.5. The van der Waals surface area contributed by atoms with Crippen molar-refractivity contribution in [1.82, 2.24) is 14.5 Å². The van der Waals surface area contributed by atoms with Crippen LogP contribution in [-0.4, -0.2) is 22.2 Å². The molecule has 74 valence electrons. The fourth-order valence-corrected chi connectivity index (χ4v) is 1.24. The largest absolute Gasteiger partial charge is 0.328 e. The van der Waals surface area contributed by atoms with Gasteiger partial charge in [-0.3, -0.25) is 9.13 Å². The minimum absolute atomic E-state index is 0.0837. The molecule has 0 aliphatic carbocycles. The predicted octanol–water partition coefficient (Wildman–Crippen LogP) is 0.279. The molecule has 1 N–H and O–H groups in total. The molecule has 4 nitrogen and oxygen atoms in total. The average Bonchev–Trinajstić information content (AvgIpc) is 2.48. The molecule has 0 amide bonds. The van der Waals surface area contributed by atoms with Crippen molar-refractivity contribution in [2.45, 2.75) is 26.9 Å². The summed E-state index contributed by atoms with van der Waals surface area (Å²) in [7, 11) is 0. The number of hydrogen-bond donors (Lipinski definition) is 1. The minimum Gasteiger partial charge on any atom is -0.315 e. The highest BCUT2D eigenvalue weighted by Crippen LogP contribution is 1.84. The van der Waals surface area contributed by atoms with Gasteiger partial charge >= 0.3 is 5.69 Å². The predicted molar refractivity (Wildman–Crippen MR) is 52.9 cm³/mol. The summed E-state index contributed by atoms with van der Waals surface area (Å²) in [5.74, 6) is 0. The topological polar surface area (TPSA) is 39.0 Å². The standard InChI is InChI=1S/C9H17N3O/c1-3-10-5-6-12-8-7-11(4-2)9(12)13/h7-8,10H,3-6H2,1-2H3. The van der Waals surface area contributed by atoms with E-state index in [-0.39, 0.29) is 5.69 Å². The summed E-state index contributed by atoms with van der Waals surface area (Å²) < 4.78 is 3.43. The van der Waals surface area contributed by atoms with Crippen molar-refractivity contribution in [3.05, 3.63) is 22.9 Å². The van der Waals surface area contributed by atoms with Gasteiger partial charge in [-0.25, -0.2) is 4.79 Å². The van der Waals surface area contributed by atoms with Crippen LogP contribution in [0.15, 0.2) is 17.2 Å². The fraction of sp³-hybridized carbons (Fsp3) is 0.667. The van der Waals surface area contributed by atoms with Crippen LogP contribution in [0.25, 0.3) is 0 Å². The maximum absolute atomic E-state index is 11.5. The molecular weight excluding hydrogens is 166 g/mol. The van der Waals surface area contributed by atoms with Crippen LogP contribution in [0.4, 0.5) is 0 Å². The molecule has 0 unspecified atom stereocenters. The van der Waals surface area contributed by atoms with E-state index in [0.29, 0.717) is 0 Å². The Bertz CT molecular complexity index is 300. The second-order valence-corrected chi connectivity index (χ2v) is 2.91. The molecule has 0 atom stereocenters. The normalized spacial score (nSPS) is 10.6. The number of rotatable bonds is 5. The molecular formula is C9H17N3O. The van der Waals surface area contributed by atoms with Gasteiger partial charge in [-0.15, -0.1) is 0 Å². The molecule has 0 saturated heterocycles. The van der Waals surface area contributed by atoms with E-state index in [9.17, 15) is 4.79 Å². The number of nitrogens with zero attached hydrogens (tertiary/aromatic N) is 2. The first-order valence-corrected chi connectivity index (χ1v) is 4.75. The van der Waals surface area contributed by atoms with Gasteiger partial charge in [0, 0.05) is 32.0 Å². The van der Waals surface area contributed by atoms with Crippen molar-refractivity contribution < 1.29 is 0 Å². The zero-order chi connectivity index (χ0) is 9.68. The number of aromatic nitrogens is 2. The van der Waals surface area contributed by atoms with Crippen molar-refractivity contribution in [2.75, 3.05) is 13.1 Å². The average molecular weight is 183 g/mol. The van der Waals surface area contributed by atoms with Crippen molar-refractivity contribution in [3.8, 4) is 0 Å². The molecule has 0 spiro atoms. The molecule has 1 aromatic rings. The van der Waals surface area contributed by atoms with Gasteiger partial charge in [-0.05, 0) is 13.5 Å². The maximum Gasteiger partial charge on any atom is 0.328 e. The van der Waals surface area contributed by atoms with Crippen LogP contribution in [0.3, 0.4) is 0 Å². The Labute approximate surface area is 78.2 Å². The summed E-state index contributed by atoms with van der Waals surface area (Å²) in [6.07, 6.45) is 3.66. The second-order valence-electron chi connectivity index (χ2n) is 2.91. The third kappa shape index (κ3) is 2.45. The lowest BCUT2D eigenvalue weighted by molar-refractivity contribution is 0.581. The zero-order valence-electron chi connectivity index (χ0n) is 8.29. The quantitative estimate of drug-likeness (QED) is 0.666. The van der Waals surface area contributed by atoms with Crippen LogP contribution in [0, 0.1) is 0 Å². The molecule has 1 heterocycles. The van der Waals surface area contributed by atoms with Crippen LogP contribution in [0.1, 0.15) is 13.8 Å². The van der Waals surface area contributed by atoms with Gasteiger partial charge in [0.25, 0.3) is 0 Å². The zero-order valence-corrected chi connectivity index (χ0v) is 8.29. The fourth-order valence-electron chi connectivity index (χ4n) is 1.24. The Morgan fingerprint density at radius 2 is 2.00 bits per heavy atom. The van der Waals surface area contributed by atoms with Gasteiger partial charge in [-0.1, -0.05) is 6.92 Å². The van der Waals surface area contributed by atoms with Crippen molar-refractivity contribution in [1.29, 1.82) is 0 Å². The van der Waals surface area contributed by atoms with E-state index >= 15 is 0 Å². The number of imidazole rings is 1. The number of likely N-dealkylation sites (N-methyl/N-ethyl adjacent to an activating group) is 1. The lowest BCUT2D eigenvalue weighted by Crippen LogP contribution is -2.28. The van der Waals surface area contributed by atoms with E-state index in [0.717, 1.165) is 26.2 Å². The summed E-state index contributed by atoms with van der Waals surface area (Å²) >= 11 is 0. The molecule has 0 radical (unpaired) electrons. The molecule has 4 heteroatoms. The molecule has 0 aliphatic heterocycles. The highest BCUT2D eigenvalue weighted by molar-refractivity contribution is 4.81. The molecule has 1 aromatic heterocycles. The van der Waals surface area contributed by atoms with E-state index in [4.69, 9.17) is 0 Å². The molecule has 0 aliphatic rings. The Morgan fingerprint density at radius 1 is 1.31 bits per heavy atom. The van der Waals surface area contributed by atoms with Gasteiger partial charge in [-0.2, -0.15) is 0 Å².